The molecule has 68 valence electrons. The topological polar surface area (TPSA) is 38.0 Å². The summed E-state index contributed by atoms with van der Waals surface area (Å²) < 4.78 is 12.7. The Balaban J connectivity index is 0.00000121. The second kappa shape index (κ2) is 4.50. The summed E-state index contributed by atoms with van der Waals surface area (Å²) in [5, 5.41) is 0.288. The van der Waals surface area contributed by atoms with Crippen LogP contribution >= 0.6 is 24.0 Å². The van der Waals surface area contributed by atoms with Crippen molar-refractivity contribution in [3.63, 3.8) is 0 Å². The van der Waals surface area contributed by atoms with Gasteiger partial charge in [0.1, 0.15) is 5.82 Å². The Morgan fingerprint density at radius 2 is 2.08 bits per heavy atom. The van der Waals surface area contributed by atoms with Crippen LogP contribution < -0.4 is 11.3 Å². The van der Waals surface area contributed by atoms with Gasteiger partial charge in [0.25, 0.3) is 0 Å². The molecule has 0 aliphatic heterocycles. The second-order valence-electron chi connectivity index (χ2n) is 2.23. The minimum absolute atomic E-state index is 0. The minimum Gasteiger partial charge on any atom is -0.323 e. The Labute approximate surface area is 81.3 Å². The van der Waals surface area contributed by atoms with Crippen molar-refractivity contribution in [3.05, 3.63) is 28.5 Å². The van der Waals surface area contributed by atoms with Gasteiger partial charge in [-0.15, -0.1) is 12.4 Å². The third kappa shape index (κ3) is 2.24. The van der Waals surface area contributed by atoms with Crippen molar-refractivity contribution in [3.8, 4) is 0 Å². The summed E-state index contributed by atoms with van der Waals surface area (Å²) in [4.78, 5) is 0. The highest BCUT2D eigenvalue weighted by Crippen LogP contribution is 2.23. The van der Waals surface area contributed by atoms with Gasteiger partial charge < -0.3 is 5.43 Å². The summed E-state index contributed by atoms with van der Waals surface area (Å²) in [6.07, 6.45) is 0. The van der Waals surface area contributed by atoms with Crippen LogP contribution in [0.2, 0.25) is 5.02 Å². The molecule has 0 heterocycles. The van der Waals surface area contributed by atoms with Gasteiger partial charge in [-0.05, 0) is 24.6 Å². The van der Waals surface area contributed by atoms with Crippen LogP contribution in [0.5, 0.6) is 0 Å². The number of aryl methyl sites for hydroxylation is 1. The number of hydrogen-bond donors (Lipinski definition) is 2. The fourth-order valence-corrected chi connectivity index (χ4v) is 0.973. The van der Waals surface area contributed by atoms with Gasteiger partial charge in [-0.1, -0.05) is 11.6 Å². The molecule has 5 heteroatoms. The van der Waals surface area contributed by atoms with E-state index in [1.165, 1.54) is 6.07 Å². The van der Waals surface area contributed by atoms with Crippen molar-refractivity contribution < 1.29 is 4.39 Å². The molecule has 0 unspecified atom stereocenters. The number of nitrogens with two attached hydrogens (primary N) is 1. The molecule has 0 fully saturated rings. The van der Waals surface area contributed by atoms with E-state index in [9.17, 15) is 4.39 Å². The molecule has 0 aliphatic rings. The molecule has 0 aliphatic carbocycles. The summed E-state index contributed by atoms with van der Waals surface area (Å²) in [6.45, 7) is 1.65. The number of anilines is 1. The maximum Gasteiger partial charge on any atom is 0.127 e. The highest BCUT2D eigenvalue weighted by Gasteiger charge is 2.03. The Morgan fingerprint density at radius 3 is 2.58 bits per heavy atom. The largest absolute Gasteiger partial charge is 0.323 e. The molecule has 0 amide bonds. The van der Waals surface area contributed by atoms with Gasteiger partial charge >= 0.3 is 0 Å². The summed E-state index contributed by atoms with van der Waals surface area (Å²) in [6, 6.07) is 2.78. The van der Waals surface area contributed by atoms with Crippen molar-refractivity contribution in [1.29, 1.82) is 0 Å². The summed E-state index contributed by atoms with van der Waals surface area (Å²) in [7, 11) is 0. The predicted octanol–water partition coefficient (Wildman–Crippen LogP) is 2.49. The van der Waals surface area contributed by atoms with Crippen molar-refractivity contribution >= 4 is 29.7 Å². The molecule has 0 saturated carbocycles. The van der Waals surface area contributed by atoms with E-state index in [0.29, 0.717) is 11.3 Å². The van der Waals surface area contributed by atoms with Crippen LogP contribution in [-0.2, 0) is 0 Å². The fraction of sp³-hybridized carbons (Fsp3) is 0.143. The summed E-state index contributed by atoms with van der Waals surface area (Å²) >= 11 is 5.62. The Kier molecular flexibility index (Phi) is 4.31. The lowest BCUT2D eigenvalue weighted by Gasteiger charge is -2.04. The summed E-state index contributed by atoms with van der Waals surface area (Å²) in [5.41, 5.74) is 3.41. The lowest BCUT2D eigenvalue weighted by atomic mass is 10.2. The first-order valence-electron chi connectivity index (χ1n) is 3.07. The zero-order valence-electron chi connectivity index (χ0n) is 6.40. The zero-order chi connectivity index (χ0) is 8.43. The van der Waals surface area contributed by atoms with E-state index in [2.05, 4.69) is 5.43 Å². The maximum absolute atomic E-state index is 12.7. The minimum atomic E-state index is -0.325. The molecule has 1 aromatic rings. The molecular weight excluding hydrogens is 202 g/mol. The molecule has 0 atom stereocenters. The van der Waals surface area contributed by atoms with Crippen molar-refractivity contribution in [2.24, 2.45) is 5.84 Å². The number of rotatable bonds is 1. The van der Waals surface area contributed by atoms with Crippen LogP contribution in [0.25, 0.3) is 0 Å². The van der Waals surface area contributed by atoms with Crippen LogP contribution in [0.3, 0.4) is 0 Å². The lowest BCUT2D eigenvalue weighted by Crippen LogP contribution is -2.07. The van der Waals surface area contributed by atoms with Crippen LogP contribution in [0, 0.1) is 12.7 Å². The van der Waals surface area contributed by atoms with Gasteiger partial charge in [-0.25, -0.2) is 4.39 Å². The third-order valence-corrected chi connectivity index (χ3v) is 1.72. The Hall–Kier alpha value is -0.510. The van der Waals surface area contributed by atoms with Gasteiger partial charge in [0.05, 0.1) is 10.7 Å². The molecule has 0 aromatic heterocycles. The molecule has 1 aromatic carbocycles. The normalized spacial score (nSPS) is 9.00. The maximum atomic E-state index is 12.7. The number of hydrogen-bond acceptors (Lipinski definition) is 2. The Bertz CT molecular complexity index is 278. The quantitative estimate of drug-likeness (QED) is 0.553. The molecule has 12 heavy (non-hydrogen) atoms. The smallest absolute Gasteiger partial charge is 0.127 e. The first kappa shape index (κ1) is 11.5. The number of hydrazine groups is 1. The highest BCUT2D eigenvalue weighted by molar-refractivity contribution is 6.33. The number of nitrogen functional groups attached to an aromatic ring is 1. The lowest BCUT2D eigenvalue weighted by molar-refractivity contribution is 0.619. The number of nitrogens with one attached hydrogen (secondary N) is 1. The van der Waals surface area contributed by atoms with E-state index < -0.39 is 0 Å². The van der Waals surface area contributed by atoms with Crippen molar-refractivity contribution in [2.75, 3.05) is 5.43 Å². The molecule has 0 spiro atoms. The predicted molar refractivity (Wildman–Crippen MR) is 51.2 cm³/mol. The van der Waals surface area contributed by atoms with Gasteiger partial charge in [-0.2, -0.15) is 0 Å². The van der Waals surface area contributed by atoms with Crippen molar-refractivity contribution in [1.82, 2.24) is 0 Å². The molecule has 0 bridgehead atoms. The van der Waals surface area contributed by atoms with E-state index in [4.69, 9.17) is 17.4 Å². The highest BCUT2D eigenvalue weighted by atomic mass is 35.5. The molecule has 0 radical (unpaired) electrons. The standard InChI is InChI=1S/C7H8ClFN2.ClH/c1-4-2-7(11-10)5(8)3-6(4)9;/h2-3,11H,10H2,1H3;1H. The van der Waals surface area contributed by atoms with Gasteiger partial charge in [0, 0.05) is 0 Å². The van der Waals surface area contributed by atoms with Crippen LogP contribution in [0.4, 0.5) is 10.1 Å². The monoisotopic (exact) mass is 210 g/mol. The first-order valence-corrected chi connectivity index (χ1v) is 3.45. The van der Waals surface area contributed by atoms with Crippen LogP contribution in [-0.4, -0.2) is 0 Å². The van der Waals surface area contributed by atoms with E-state index in [0.717, 1.165) is 0 Å². The third-order valence-electron chi connectivity index (χ3n) is 1.40. The molecular formula is C7H9Cl2FN2. The Morgan fingerprint density at radius 1 is 1.50 bits per heavy atom. The first-order chi connectivity index (χ1) is 5.15. The van der Waals surface area contributed by atoms with Gasteiger partial charge in [0.2, 0.25) is 0 Å². The van der Waals surface area contributed by atoms with Crippen LogP contribution in [0.15, 0.2) is 12.1 Å². The molecule has 1 rings (SSSR count). The molecule has 0 saturated heterocycles. The number of benzene rings is 1. The zero-order valence-corrected chi connectivity index (χ0v) is 7.97. The summed E-state index contributed by atoms with van der Waals surface area (Å²) in [5.74, 6) is 4.79. The SMILES string of the molecule is Cc1cc(NN)c(Cl)cc1F.Cl. The second-order valence-corrected chi connectivity index (χ2v) is 2.63. The molecule has 2 nitrogen and oxygen atoms in total. The van der Waals surface area contributed by atoms with Gasteiger partial charge in [-0.3, -0.25) is 5.84 Å². The average Bonchev–Trinajstić information content (AvgIpc) is 1.97. The average molecular weight is 211 g/mol. The fourth-order valence-electron chi connectivity index (χ4n) is 0.768. The van der Waals surface area contributed by atoms with E-state index in [-0.39, 0.29) is 23.2 Å². The van der Waals surface area contributed by atoms with Gasteiger partial charge in [0.15, 0.2) is 0 Å². The van der Waals surface area contributed by atoms with E-state index in [1.807, 2.05) is 0 Å². The molecule has 3 N–H and O–H groups in total. The van der Waals surface area contributed by atoms with E-state index >= 15 is 0 Å². The van der Waals surface area contributed by atoms with E-state index in [1.54, 1.807) is 13.0 Å². The van der Waals surface area contributed by atoms with Crippen molar-refractivity contribution in [2.45, 2.75) is 6.92 Å². The van der Waals surface area contributed by atoms with Crippen LogP contribution in [0.1, 0.15) is 5.56 Å². The number of halogens is 3.